The van der Waals surface area contributed by atoms with Gasteiger partial charge in [-0.3, -0.25) is 0 Å². The molecule has 12 heteroatoms. The fourth-order valence-corrected chi connectivity index (χ4v) is 4.88. The molecule has 4 heterocycles. The van der Waals surface area contributed by atoms with Crippen LogP contribution in [0.1, 0.15) is 55.8 Å². The Morgan fingerprint density at radius 2 is 1.92 bits per heavy atom. The smallest absolute Gasteiger partial charge is 0.410 e. The van der Waals surface area contributed by atoms with E-state index >= 15 is 0 Å². The Hall–Kier alpha value is -3.80. The summed E-state index contributed by atoms with van der Waals surface area (Å²) >= 11 is 0. The molecule has 2 aliphatic rings. The molecule has 2 aliphatic heterocycles. The quantitative estimate of drug-likeness (QED) is 0.490. The van der Waals surface area contributed by atoms with E-state index in [0.717, 1.165) is 12.8 Å². The number of amides is 1. The van der Waals surface area contributed by atoms with Crippen LogP contribution in [0, 0.1) is 5.82 Å². The van der Waals surface area contributed by atoms with Crippen LogP contribution in [0.3, 0.4) is 0 Å². The first-order chi connectivity index (χ1) is 18.4. The molecule has 0 radical (unpaired) electrons. The van der Waals surface area contributed by atoms with Crippen molar-refractivity contribution >= 4 is 12.0 Å². The van der Waals surface area contributed by atoms with E-state index in [1.807, 2.05) is 24.8 Å². The Bertz CT molecular complexity index is 1230. The first-order valence-electron chi connectivity index (χ1n) is 12.8. The van der Waals surface area contributed by atoms with E-state index in [4.69, 9.17) is 19.7 Å². The second-order valence-electron chi connectivity index (χ2n) is 9.94. The van der Waals surface area contributed by atoms with Crippen molar-refractivity contribution in [2.45, 2.75) is 57.3 Å². The number of aromatic nitrogens is 4. The number of nitrogens with zero attached hydrogens (tertiary/aromatic N) is 6. The van der Waals surface area contributed by atoms with E-state index < -0.39 is 0 Å². The van der Waals surface area contributed by atoms with Gasteiger partial charge in [-0.2, -0.15) is 4.98 Å². The normalized spacial score (nSPS) is 20.2. The standard InChI is InChI=1S/C26H32FN7O4/c1-16(2)37-26(35)33-9-7-17(8-10-33)24-31-23(38-32-24)15-36-18-11-29-25(30-12-18)34-13-20(22(28)14-34)19-5-3-4-6-21(19)27/h3-6,11-12,16-17,20,22H,7-10,13-15,28H2,1-2H3/t20-,22+/m1/s1. The highest BCUT2D eigenvalue weighted by Crippen LogP contribution is 2.30. The molecule has 0 saturated carbocycles. The number of rotatable bonds is 7. The summed E-state index contributed by atoms with van der Waals surface area (Å²) in [7, 11) is 0. The molecule has 0 unspecified atom stereocenters. The van der Waals surface area contributed by atoms with E-state index in [1.165, 1.54) is 6.07 Å². The zero-order chi connectivity index (χ0) is 26.6. The maximum absolute atomic E-state index is 14.3. The van der Waals surface area contributed by atoms with Crippen LogP contribution in [0.5, 0.6) is 5.75 Å². The van der Waals surface area contributed by atoms with Crippen LogP contribution in [0.15, 0.2) is 41.2 Å². The average molecular weight is 526 g/mol. The number of halogens is 1. The lowest BCUT2D eigenvalue weighted by molar-refractivity contribution is 0.0688. The van der Waals surface area contributed by atoms with Gasteiger partial charge in [-0.15, -0.1) is 0 Å². The molecule has 1 amide bonds. The molecular formula is C26H32FN7O4. The fraction of sp³-hybridized carbons (Fsp3) is 0.500. The Kier molecular flexibility index (Phi) is 7.68. The third-order valence-corrected chi connectivity index (χ3v) is 6.87. The molecule has 2 atom stereocenters. The molecular weight excluding hydrogens is 493 g/mol. The number of carbonyl (C=O) groups excluding carboxylic acids is 1. The number of piperidine rings is 1. The number of likely N-dealkylation sites (tertiary alicyclic amines) is 1. The number of benzene rings is 1. The third kappa shape index (κ3) is 5.85. The van der Waals surface area contributed by atoms with E-state index in [-0.39, 0.29) is 42.5 Å². The number of carbonyl (C=O) groups is 1. The highest BCUT2D eigenvalue weighted by molar-refractivity contribution is 5.67. The molecule has 5 rings (SSSR count). The van der Waals surface area contributed by atoms with E-state index in [2.05, 4.69) is 20.1 Å². The minimum Gasteiger partial charge on any atom is -0.481 e. The van der Waals surface area contributed by atoms with Gasteiger partial charge in [-0.25, -0.2) is 19.2 Å². The molecule has 0 spiro atoms. The summed E-state index contributed by atoms with van der Waals surface area (Å²) in [5.41, 5.74) is 6.92. The summed E-state index contributed by atoms with van der Waals surface area (Å²) in [5, 5.41) is 4.10. The number of anilines is 1. The molecule has 2 aromatic heterocycles. The zero-order valence-corrected chi connectivity index (χ0v) is 21.5. The summed E-state index contributed by atoms with van der Waals surface area (Å²) in [5.74, 6) is 1.66. The van der Waals surface area contributed by atoms with Gasteiger partial charge >= 0.3 is 6.09 Å². The number of ether oxygens (including phenoxy) is 2. The molecule has 202 valence electrons. The predicted molar refractivity (Wildman–Crippen MR) is 135 cm³/mol. The van der Waals surface area contributed by atoms with Crippen LogP contribution in [-0.4, -0.2) is 69.4 Å². The van der Waals surface area contributed by atoms with Gasteiger partial charge in [0.15, 0.2) is 18.2 Å². The van der Waals surface area contributed by atoms with Gasteiger partial charge in [-0.1, -0.05) is 23.4 Å². The molecule has 3 aromatic rings. The van der Waals surface area contributed by atoms with Crippen molar-refractivity contribution in [3.63, 3.8) is 0 Å². The van der Waals surface area contributed by atoms with Crippen molar-refractivity contribution < 1.29 is 23.2 Å². The average Bonchev–Trinajstić information content (AvgIpc) is 3.55. The van der Waals surface area contributed by atoms with Gasteiger partial charge < -0.3 is 29.5 Å². The molecule has 38 heavy (non-hydrogen) atoms. The van der Waals surface area contributed by atoms with Crippen LogP contribution >= 0.6 is 0 Å². The maximum Gasteiger partial charge on any atom is 0.410 e. The molecule has 0 aliphatic carbocycles. The predicted octanol–water partition coefficient (Wildman–Crippen LogP) is 3.23. The van der Waals surface area contributed by atoms with Crippen molar-refractivity contribution in [3.8, 4) is 5.75 Å². The van der Waals surface area contributed by atoms with Crippen molar-refractivity contribution in [1.82, 2.24) is 25.0 Å². The number of hydrogen-bond donors (Lipinski definition) is 1. The SMILES string of the molecule is CC(C)OC(=O)N1CCC(c2noc(COc3cnc(N4C[C@H](c5ccccc5F)[C@@H](N)C4)nc3)n2)CC1. The first kappa shape index (κ1) is 25.8. The Morgan fingerprint density at radius 3 is 2.63 bits per heavy atom. The Balaban J connectivity index is 1.11. The Morgan fingerprint density at radius 1 is 1.18 bits per heavy atom. The zero-order valence-electron chi connectivity index (χ0n) is 21.5. The van der Waals surface area contributed by atoms with Gasteiger partial charge in [0.1, 0.15) is 5.82 Å². The largest absolute Gasteiger partial charge is 0.481 e. The molecule has 0 bridgehead atoms. The lowest BCUT2D eigenvalue weighted by atomic mass is 9.94. The van der Waals surface area contributed by atoms with Gasteiger partial charge in [0.25, 0.3) is 5.89 Å². The van der Waals surface area contributed by atoms with Crippen LogP contribution in [0.25, 0.3) is 0 Å². The highest BCUT2D eigenvalue weighted by Gasteiger charge is 2.34. The van der Waals surface area contributed by atoms with Crippen LogP contribution in [0.4, 0.5) is 15.1 Å². The lowest BCUT2D eigenvalue weighted by Gasteiger charge is -2.30. The summed E-state index contributed by atoms with van der Waals surface area (Å²) < 4.78 is 30.6. The second kappa shape index (κ2) is 11.3. The van der Waals surface area contributed by atoms with Crippen molar-refractivity contribution in [1.29, 1.82) is 0 Å². The molecule has 11 nitrogen and oxygen atoms in total. The summed E-state index contributed by atoms with van der Waals surface area (Å²) in [6.07, 6.45) is 4.20. The van der Waals surface area contributed by atoms with Gasteiger partial charge in [0.2, 0.25) is 5.95 Å². The van der Waals surface area contributed by atoms with Gasteiger partial charge in [-0.05, 0) is 38.3 Å². The summed E-state index contributed by atoms with van der Waals surface area (Å²) in [6.45, 7) is 5.99. The fourth-order valence-electron chi connectivity index (χ4n) is 4.88. The summed E-state index contributed by atoms with van der Waals surface area (Å²) in [4.78, 5) is 29.0. The monoisotopic (exact) mass is 525 g/mol. The third-order valence-electron chi connectivity index (χ3n) is 6.87. The van der Waals surface area contributed by atoms with Crippen molar-refractivity contribution in [2.75, 3.05) is 31.1 Å². The van der Waals surface area contributed by atoms with E-state index in [9.17, 15) is 9.18 Å². The molecule has 2 N–H and O–H groups in total. The molecule has 1 aromatic carbocycles. The first-order valence-corrected chi connectivity index (χ1v) is 12.8. The minimum atomic E-state index is -0.286. The Labute approximate surface area is 220 Å². The topological polar surface area (TPSA) is 133 Å². The van der Waals surface area contributed by atoms with Crippen LogP contribution in [-0.2, 0) is 11.3 Å². The second-order valence-corrected chi connectivity index (χ2v) is 9.94. The number of nitrogens with two attached hydrogens (primary N) is 1. The van der Waals surface area contributed by atoms with Crippen LogP contribution in [0.2, 0.25) is 0 Å². The molecule has 2 fully saturated rings. The highest BCUT2D eigenvalue weighted by atomic mass is 19.1. The van der Waals surface area contributed by atoms with Crippen LogP contribution < -0.4 is 15.4 Å². The minimum absolute atomic E-state index is 0.0826. The van der Waals surface area contributed by atoms with Crippen molar-refractivity contribution in [2.24, 2.45) is 5.73 Å². The number of hydrogen-bond acceptors (Lipinski definition) is 10. The van der Waals surface area contributed by atoms with Gasteiger partial charge in [0, 0.05) is 44.1 Å². The van der Waals surface area contributed by atoms with Gasteiger partial charge in [0.05, 0.1) is 18.5 Å². The summed E-state index contributed by atoms with van der Waals surface area (Å²) in [6, 6.07) is 6.49. The van der Waals surface area contributed by atoms with E-state index in [0.29, 0.717) is 55.2 Å². The maximum atomic E-state index is 14.3. The lowest BCUT2D eigenvalue weighted by Crippen LogP contribution is -2.39. The van der Waals surface area contributed by atoms with Crippen molar-refractivity contribution in [3.05, 3.63) is 59.8 Å². The van der Waals surface area contributed by atoms with E-state index in [1.54, 1.807) is 29.4 Å². The molecule has 2 saturated heterocycles.